The van der Waals surface area contributed by atoms with Crippen LogP contribution in [0.15, 0.2) is 29.3 Å². The fourth-order valence-corrected chi connectivity index (χ4v) is 3.08. The summed E-state index contributed by atoms with van der Waals surface area (Å²) >= 11 is 0. The highest BCUT2D eigenvalue weighted by Gasteiger charge is 2.28. The molecule has 1 aliphatic heterocycles. The van der Waals surface area contributed by atoms with E-state index in [2.05, 4.69) is 39.7 Å². The van der Waals surface area contributed by atoms with Gasteiger partial charge in [0.25, 0.3) is 0 Å². The van der Waals surface area contributed by atoms with Gasteiger partial charge in [-0.1, -0.05) is 12.1 Å². The number of nitrogens with one attached hydrogen (secondary N) is 3. The van der Waals surface area contributed by atoms with Gasteiger partial charge in [0.1, 0.15) is 0 Å². The Balaban J connectivity index is 0.00000392. The van der Waals surface area contributed by atoms with Gasteiger partial charge in [0.05, 0.1) is 13.2 Å². The maximum atomic E-state index is 11.1. The quantitative estimate of drug-likeness (QED) is 0.302. The van der Waals surface area contributed by atoms with E-state index in [9.17, 15) is 4.79 Å². The summed E-state index contributed by atoms with van der Waals surface area (Å²) in [5, 5.41) is 9.58. The predicted octanol–water partition coefficient (Wildman–Crippen LogP) is 2.08. The lowest BCUT2D eigenvalue weighted by atomic mass is 10.0. The third-order valence-corrected chi connectivity index (χ3v) is 4.76. The van der Waals surface area contributed by atoms with Crippen LogP contribution in [-0.4, -0.2) is 68.7 Å². The van der Waals surface area contributed by atoms with E-state index in [1.54, 1.807) is 7.05 Å². The summed E-state index contributed by atoms with van der Waals surface area (Å²) < 4.78 is 5.44. The molecule has 2 rings (SSSR count). The molecule has 1 heterocycles. The van der Waals surface area contributed by atoms with Crippen LogP contribution in [0.2, 0.25) is 0 Å². The summed E-state index contributed by atoms with van der Waals surface area (Å²) in [5.74, 6) is 0.755. The number of anilines is 1. The standard InChI is InChI=1S/C20H33N5O2.HI/c1-16(26)24-18-7-5-17(6-8-18)9-10-22-19(21-4)23-15-20(2,3)25-11-13-27-14-12-25;/h5-8H,9-15H2,1-4H3,(H,24,26)(H2,21,22,23);1H. The fraction of sp³-hybridized carbons (Fsp3) is 0.600. The number of carbonyl (C=O) groups excluding carboxylic acids is 1. The first-order valence-electron chi connectivity index (χ1n) is 9.54. The molecule has 1 saturated heterocycles. The SMILES string of the molecule is CN=C(NCCc1ccc(NC(C)=O)cc1)NCC(C)(C)N1CCOCC1.I. The first kappa shape index (κ1) is 24.6. The van der Waals surface area contributed by atoms with Gasteiger partial charge in [0.15, 0.2) is 5.96 Å². The number of aliphatic imine (C=N–C) groups is 1. The number of nitrogens with zero attached hydrogens (tertiary/aromatic N) is 2. The molecule has 158 valence electrons. The Hall–Kier alpha value is -1.39. The minimum atomic E-state index is -0.0562. The summed E-state index contributed by atoms with van der Waals surface area (Å²) in [6.07, 6.45) is 0.883. The minimum absolute atomic E-state index is 0. The topological polar surface area (TPSA) is 78.0 Å². The molecule has 0 aliphatic carbocycles. The van der Waals surface area contributed by atoms with Crippen LogP contribution in [0.1, 0.15) is 26.3 Å². The molecule has 0 radical (unpaired) electrons. The number of rotatable bonds is 7. The van der Waals surface area contributed by atoms with Gasteiger partial charge in [-0.15, -0.1) is 24.0 Å². The summed E-state index contributed by atoms with van der Waals surface area (Å²) in [4.78, 5) is 17.8. The van der Waals surface area contributed by atoms with Crippen LogP contribution in [0.5, 0.6) is 0 Å². The number of hydrogen-bond donors (Lipinski definition) is 3. The van der Waals surface area contributed by atoms with Crippen molar-refractivity contribution in [3.05, 3.63) is 29.8 Å². The molecule has 3 N–H and O–H groups in total. The normalized spacial score (nSPS) is 15.5. The van der Waals surface area contributed by atoms with Crippen LogP contribution in [-0.2, 0) is 16.0 Å². The van der Waals surface area contributed by atoms with Crippen molar-refractivity contribution in [3.63, 3.8) is 0 Å². The smallest absolute Gasteiger partial charge is 0.221 e. The van der Waals surface area contributed by atoms with Gasteiger partial charge in [-0.25, -0.2) is 0 Å². The van der Waals surface area contributed by atoms with Crippen LogP contribution in [0.3, 0.4) is 0 Å². The average Bonchev–Trinajstić information content (AvgIpc) is 2.66. The first-order chi connectivity index (χ1) is 12.9. The lowest BCUT2D eigenvalue weighted by Crippen LogP contribution is -2.56. The van der Waals surface area contributed by atoms with Crippen LogP contribution in [0.25, 0.3) is 0 Å². The molecule has 1 aliphatic rings. The van der Waals surface area contributed by atoms with Gasteiger partial charge in [-0.05, 0) is 38.0 Å². The van der Waals surface area contributed by atoms with Gasteiger partial charge in [0, 0.05) is 51.4 Å². The van der Waals surface area contributed by atoms with E-state index < -0.39 is 0 Å². The van der Waals surface area contributed by atoms with Crippen LogP contribution in [0.4, 0.5) is 5.69 Å². The summed E-state index contributed by atoms with van der Waals surface area (Å²) in [5.41, 5.74) is 2.07. The predicted molar refractivity (Wildman–Crippen MR) is 126 cm³/mol. The molecule has 8 heteroatoms. The summed E-state index contributed by atoms with van der Waals surface area (Å²) in [6.45, 7) is 11.1. The Morgan fingerprint density at radius 3 is 2.39 bits per heavy atom. The van der Waals surface area contributed by atoms with Gasteiger partial charge in [0.2, 0.25) is 5.91 Å². The maximum Gasteiger partial charge on any atom is 0.221 e. The van der Waals surface area contributed by atoms with Crippen LogP contribution >= 0.6 is 24.0 Å². The van der Waals surface area contributed by atoms with E-state index in [1.807, 2.05) is 24.3 Å². The largest absolute Gasteiger partial charge is 0.379 e. The fourth-order valence-electron chi connectivity index (χ4n) is 3.08. The van der Waals surface area contributed by atoms with Gasteiger partial charge in [-0.2, -0.15) is 0 Å². The third kappa shape index (κ3) is 8.32. The van der Waals surface area contributed by atoms with E-state index in [0.717, 1.165) is 57.5 Å². The number of guanidine groups is 1. The minimum Gasteiger partial charge on any atom is -0.379 e. The molecule has 1 aromatic rings. The number of ether oxygens (including phenoxy) is 1. The molecule has 1 fully saturated rings. The Labute approximate surface area is 185 Å². The van der Waals surface area contributed by atoms with Crippen molar-refractivity contribution >= 4 is 41.5 Å². The van der Waals surface area contributed by atoms with Gasteiger partial charge in [-0.3, -0.25) is 14.7 Å². The van der Waals surface area contributed by atoms with Crippen molar-refractivity contribution in [2.75, 3.05) is 51.8 Å². The number of hydrogen-bond acceptors (Lipinski definition) is 4. The monoisotopic (exact) mass is 503 g/mol. The van der Waals surface area contributed by atoms with Crippen molar-refractivity contribution in [1.82, 2.24) is 15.5 Å². The Kier molecular flexibility index (Phi) is 10.8. The molecule has 1 aromatic carbocycles. The van der Waals surface area contributed by atoms with E-state index >= 15 is 0 Å². The van der Waals surface area contributed by atoms with Crippen LogP contribution in [0, 0.1) is 0 Å². The number of morpholine rings is 1. The highest BCUT2D eigenvalue weighted by atomic mass is 127. The van der Waals surface area contributed by atoms with E-state index in [-0.39, 0.29) is 35.4 Å². The molecule has 0 aromatic heterocycles. The molecule has 28 heavy (non-hydrogen) atoms. The summed E-state index contributed by atoms with van der Waals surface area (Å²) in [6, 6.07) is 7.92. The average molecular weight is 503 g/mol. The van der Waals surface area contributed by atoms with Crippen molar-refractivity contribution in [1.29, 1.82) is 0 Å². The lowest BCUT2D eigenvalue weighted by molar-refractivity contribution is -0.114. The Morgan fingerprint density at radius 2 is 1.82 bits per heavy atom. The Morgan fingerprint density at radius 1 is 1.18 bits per heavy atom. The molecule has 0 saturated carbocycles. The molecular weight excluding hydrogens is 469 g/mol. The number of benzene rings is 1. The van der Waals surface area contributed by atoms with E-state index in [0.29, 0.717) is 0 Å². The molecule has 0 bridgehead atoms. The van der Waals surface area contributed by atoms with Crippen LogP contribution < -0.4 is 16.0 Å². The number of amides is 1. The molecule has 7 nitrogen and oxygen atoms in total. The van der Waals surface area contributed by atoms with Crippen molar-refractivity contribution in [2.45, 2.75) is 32.7 Å². The zero-order valence-corrected chi connectivity index (χ0v) is 19.7. The van der Waals surface area contributed by atoms with Gasteiger partial charge < -0.3 is 20.7 Å². The number of carbonyl (C=O) groups is 1. The highest BCUT2D eigenvalue weighted by Crippen LogP contribution is 2.15. The second-order valence-corrected chi connectivity index (χ2v) is 7.39. The van der Waals surface area contributed by atoms with E-state index in [1.165, 1.54) is 12.5 Å². The molecule has 1 amide bonds. The first-order valence-corrected chi connectivity index (χ1v) is 9.54. The second kappa shape index (κ2) is 12.2. The van der Waals surface area contributed by atoms with Crippen molar-refractivity contribution in [2.24, 2.45) is 4.99 Å². The second-order valence-electron chi connectivity index (χ2n) is 7.39. The number of halogens is 1. The lowest BCUT2D eigenvalue weighted by Gasteiger charge is -2.41. The third-order valence-electron chi connectivity index (χ3n) is 4.76. The maximum absolute atomic E-state index is 11.1. The van der Waals surface area contributed by atoms with Crippen molar-refractivity contribution in [3.8, 4) is 0 Å². The Bertz CT molecular complexity index is 628. The molecule has 0 unspecified atom stereocenters. The van der Waals surface area contributed by atoms with E-state index in [4.69, 9.17) is 4.74 Å². The molecular formula is C20H34IN5O2. The zero-order chi connectivity index (χ0) is 19.7. The van der Waals surface area contributed by atoms with Gasteiger partial charge >= 0.3 is 0 Å². The summed E-state index contributed by atoms with van der Waals surface area (Å²) in [7, 11) is 1.79. The molecule has 0 atom stereocenters. The zero-order valence-electron chi connectivity index (χ0n) is 17.4. The highest BCUT2D eigenvalue weighted by molar-refractivity contribution is 14.0. The molecule has 0 spiro atoms. The van der Waals surface area contributed by atoms with Crippen molar-refractivity contribution < 1.29 is 9.53 Å².